The molecule has 0 fully saturated rings. The largest absolute Gasteiger partial charge is 0.328 e. The van der Waals surface area contributed by atoms with Gasteiger partial charge in [0.25, 0.3) is 0 Å². The predicted molar refractivity (Wildman–Crippen MR) is 80.9 cm³/mol. The van der Waals surface area contributed by atoms with Gasteiger partial charge < -0.3 is 10.1 Å². The molecule has 0 bridgehead atoms. The lowest BCUT2D eigenvalue weighted by molar-refractivity contribution is 0.705. The molecule has 0 aliphatic carbocycles. The Balaban J connectivity index is 2.04. The highest BCUT2D eigenvalue weighted by molar-refractivity contribution is 7.99. The quantitative estimate of drug-likeness (QED) is 0.800. The average molecular weight is 284 g/mol. The standard InChI is InChI=1S/C15H16N4S/c1-11(16)10-12-15(20-14-7-2-4-8-17-14)18-13-6-3-5-9-19(12)13/h2-9,11H,10,16H2,1H3. The summed E-state index contributed by atoms with van der Waals surface area (Å²) in [6.07, 6.45) is 4.62. The monoisotopic (exact) mass is 284 g/mol. The number of rotatable bonds is 4. The fraction of sp³-hybridized carbons (Fsp3) is 0.200. The smallest absolute Gasteiger partial charge is 0.138 e. The second-order valence-electron chi connectivity index (χ2n) is 4.74. The summed E-state index contributed by atoms with van der Waals surface area (Å²) >= 11 is 1.58. The third-order valence-electron chi connectivity index (χ3n) is 2.95. The molecule has 0 saturated carbocycles. The lowest BCUT2D eigenvalue weighted by Gasteiger charge is -2.07. The van der Waals surface area contributed by atoms with E-state index in [1.54, 1.807) is 18.0 Å². The fourth-order valence-electron chi connectivity index (χ4n) is 2.10. The van der Waals surface area contributed by atoms with Crippen molar-refractivity contribution < 1.29 is 0 Å². The van der Waals surface area contributed by atoms with E-state index >= 15 is 0 Å². The Morgan fingerprint density at radius 1 is 1.25 bits per heavy atom. The number of hydrogen-bond acceptors (Lipinski definition) is 4. The molecule has 5 heteroatoms. The van der Waals surface area contributed by atoms with Gasteiger partial charge in [0.05, 0.1) is 5.69 Å². The molecule has 0 saturated heterocycles. The van der Waals surface area contributed by atoms with E-state index in [4.69, 9.17) is 10.7 Å². The van der Waals surface area contributed by atoms with Crippen molar-refractivity contribution >= 4 is 17.4 Å². The maximum Gasteiger partial charge on any atom is 0.138 e. The van der Waals surface area contributed by atoms with E-state index in [0.29, 0.717) is 0 Å². The summed E-state index contributed by atoms with van der Waals surface area (Å²) in [5.74, 6) is 0. The van der Waals surface area contributed by atoms with Crippen molar-refractivity contribution in [1.29, 1.82) is 0 Å². The van der Waals surface area contributed by atoms with Gasteiger partial charge in [0.15, 0.2) is 0 Å². The Bertz CT molecular complexity index is 706. The zero-order valence-corrected chi connectivity index (χ0v) is 12.0. The van der Waals surface area contributed by atoms with Crippen LogP contribution in [0.4, 0.5) is 0 Å². The molecule has 0 aromatic carbocycles. The Hall–Kier alpha value is -1.85. The highest BCUT2D eigenvalue weighted by Crippen LogP contribution is 2.29. The van der Waals surface area contributed by atoms with Crippen LogP contribution in [-0.4, -0.2) is 20.4 Å². The second-order valence-corrected chi connectivity index (χ2v) is 5.75. The maximum atomic E-state index is 5.97. The Labute approximate surface area is 122 Å². The van der Waals surface area contributed by atoms with Gasteiger partial charge in [0.2, 0.25) is 0 Å². The molecule has 1 atom stereocenters. The Morgan fingerprint density at radius 2 is 2.10 bits per heavy atom. The van der Waals surface area contributed by atoms with Gasteiger partial charge in [-0.05, 0) is 43.0 Å². The molecule has 3 heterocycles. The van der Waals surface area contributed by atoms with Crippen molar-refractivity contribution in [2.75, 3.05) is 0 Å². The molecule has 0 aliphatic rings. The van der Waals surface area contributed by atoms with E-state index in [9.17, 15) is 0 Å². The SMILES string of the molecule is CC(N)Cc1c(Sc2ccccn2)nc2ccccn12. The van der Waals surface area contributed by atoms with Crippen LogP contribution in [0.3, 0.4) is 0 Å². The molecule has 2 N–H and O–H groups in total. The summed E-state index contributed by atoms with van der Waals surface area (Å²) in [5, 5.41) is 1.93. The zero-order chi connectivity index (χ0) is 13.9. The first kappa shape index (κ1) is 13.1. The molecule has 3 rings (SSSR count). The second kappa shape index (κ2) is 5.64. The summed E-state index contributed by atoms with van der Waals surface area (Å²) < 4.78 is 2.11. The summed E-state index contributed by atoms with van der Waals surface area (Å²) in [7, 11) is 0. The number of hydrogen-bond donors (Lipinski definition) is 1. The highest BCUT2D eigenvalue weighted by atomic mass is 32.2. The zero-order valence-electron chi connectivity index (χ0n) is 11.2. The van der Waals surface area contributed by atoms with E-state index in [1.165, 1.54) is 0 Å². The number of pyridine rings is 2. The molecule has 1 unspecified atom stereocenters. The van der Waals surface area contributed by atoms with Gasteiger partial charge in [0.1, 0.15) is 15.7 Å². The minimum absolute atomic E-state index is 0.0955. The fourth-order valence-corrected chi connectivity index (χ4v) is 3.00. The normalized spacial score (nSPS) is 12.7. The Morgan fingerprint density at radius 3 is 2.85 bits per heavy atom. The van der Waals surface area contributed by atoms with Crippen molar-refractivity contribution in [3.63, 3.8) is 0 Å². The molecule has 4 nitrogen and oxygen atoms in total. The number of nitrogens with zero attached hydrogens (tertiary/aromatic N) is 3. The predicted octanol–water partition coefficient (Wildman–Crippen LogP) is 2.77. The molecule has 3 aromatic heterocycles. The first-order valence-electron chi connectivity index (χ1n) is 6.54. The van der Waals surface area contributed by atoms with E-state index in [2.05, 4.69) is 9.38 Å². The third-order valence-corrected chi connectivity index (χ3v) is 3.92. The van der Waals surface area contributed by atoms with Crippen LogP contribution in [0, 0.1) is 0 Å². The number of imidazole rings is 1. The van der Waals surface area contributed by atoms with Gasteiger partial charge in [-0.2, -0.15) is 0 Å². The van der Waals surface area contributed by atoms with Crippen LogP contribution in [0.1, 0.15) is 12.6 Å². The minimum atomic E-state index is 0.0955. The van der Waals surface area contributed by atoms with Gasteiger partial charge in [-0.3, -0.25) is 0 Å². The molecular weight excluding hydrogens is 268 g/mol. The van der Waals surface area contributed by atoms with E-state index in [0.717, 1.165) is 27.8 Å². The van der Waals surface area contributed by atoms with Crippen LogP contribution in [-0.2, 0) is 6.42 Å². The van der Waals surface area contributed by atoms with Crippen molar-refractivity contribution in [3.8, 4) is 0 Å². The van der Waals surface area contributed by atoms with E-state index < -0.39 is 0 Å². The molecular formula is C15H16N4S. The number of nitrogens with two attached hydrogens (primary N) is 1. The van der Waals surface area contributed by atoms with Gasteiger partial charge in [-0.1, -0.05) is 12.1 Å². The van der Waals surface area contributed by atoms with Gasteiger partial charge in [-0.25, -0.2) is 9.97 Å². The third kappa shape index (κ3) is 2.69. The van der Waals surface area contributed by atoms with Crippen molar-refractivity contribution in [2.24, 2.45) is 5.73 Å². The molecule has 102 valence electrons. The minimum Gasteiger partial charge on any atom is -0.328 e. The van der Waals surface area contributed by atoms with Crippen LogP contribution < -0.4 is 5.73 Å². The highest BCUT2D eigenvalue weighted by Gasteiger charge is 2.14. The lowest BCUT2D eigenvalue weighted by Crippen LogP contribution is -2.19. The molecule has 0 spiro atoms. The maximum absolute atomic E-state index is 5.97. The number of aromatic nitrogens is 3. The summed E-state index contributed by atoms with van der Waals surface area (Å²) in [4.78, 5) is 9.04. The number of fused-ring (bicyclic) bond motifs is 1. The average Bonchev–Trinajstić information content (AvgIpc) is 2.78. The van der Waals surface area contributed by atoms with Crippen LogP contribution in [0.5, 0.6) is 0 Å². The van der Waals surface area contributed by atoms with Crippen LogP contribution in [0.15, 0.2) is 58.8 Å². The molecule has 20 heavy (non-hydrogen) atoms. The Kier molecular flexibility index (Phi) is 3.71. The first-order valence-corrected chi connectivity index (χ1v) is 7.36. The van der Waals surface area contributed by atoms with Gasteiger partial charge in [-0.15, -0.1) is 0 Å². The molecule has 0 aliphatic heterocycles. The first-order chi connectivity index (χ1) is 9.74. The molecule has 0 radical (unpaired) electrons. The van der Waals surface area contributed by atoms with Crippen LogP contribution in [0.25, 0.3) is 5.65 Å². The van der Waals surface area contributed by atoms with Crippen LogP contribution in [0.2, 0.25) is 0 Å². The van der Waals surface area contributed by atoms with Crippen molar-refractivity contribution in [1.82, 2.24) is 14.4 Å². The lowest BCUT2D eigenvalue weighted by atomic mass is 10.2. The summed E-state index contributed by atoms with van der Waals surface area (Å²) in [6.45, 7) is 2.01. The van der Waals surface area contributed by atoms with Crippen molar-refractivity contribution in [2.45, 2.75) is 29.4 Å². The van der Waals surface area contributed by atoms with Crippen molar-refractivity contribution in [3.05, 3.63) is 54.5 Å². The summed E-state index contributed by atoms with van der Waals surface area (Å²) in [5.41, 5.74) is 8.06. The van der Waals surface area contributed by atoms with E-state index in [-0.39, 0.29) is 6.04 Å². The van der Waals surface area contributed by atoms with Gasteiger partial charge in [0, 0.05) is 24.9 Å². The summed E-state index contributed by atoms with van der Waals surface area (Å²) in [6, 6.07) is 12.0. The molecule has 0 amide bonds. The molecule has 3 aromatic rings. The van der Waals surface area contributed by atoms with Gasteiger partial charge >= 0.3 is 0 Å². The van der Waals surface area contributed by atoms with E-state index in [1.807, 2.05) is 49.5 Å². The topological polar surface area (TPSA) is 56.2 Å². The van der Waals surface area contributed by atoms with Crippen LogP contribution >= 0.6 is 11.8 Å².